The molecule has 0 aromatic heterocycles. The van der Waals surface area contributed by atoms with Crippen molar-refractivity contribution in [1.29, 1.82) is 0 Å². The van der Waals surface area contributed by atoms with Gasteiger partial charge in [0.25, 0.3) is 0 Å². The lowest BCUT2D eigenvalue weighted by molar-refractivity contribution is 0.647. The summed E-state index contributed by atoms with van der Waals surface area (Å²) in [5.74, 6) is 0.673. The molecule has 0 N–H and O–H groups in total. The summed E-state index contributed by atoms with van der Waals surface area (Å²) >= 11 is 11.7. The van der Waals surface area contributed by atoms with Gasteiger partial charge in [0.2, 0.25) is 0 Å². The maximum absolute atomic E-state index is 5.84. The van der Waals surface area contributed by atoms with Gasteiger partial charge in [-0.1, -0.05) is 54.5 Å². The lowest BCUT2D eigenvalue weighted by Gasteiger charge is -2.07. The molecule has 0 atom stereocenters. The van der Waals surface area contributed by atoms with Crippen LogP contribution in [0.5, 0.6) is 0 Å². The molecule has 0 aliphatic heterocycles. The van der Waals surface area contributed by atoms with Crippen LogP contribution in [-0.2, 0) is 6.42 Å². The molecule has 0 aliphatic carbocycles. The Kier molecular flexibility index (Phi) is 4.52. The van der Waals surface area contributed by atoms with Gasteiger partial charge in [0.05, 0.1) is 0 Å². The fourth-order valence-corrected chi connectivity index (χ4v) is 2.35. The molecule has 0 saturated heterocycles. The summed E-state index contributed by atoms with van der Waals surface area (Å²) < 4.78 is 0. The fourth-order valence-electron chi connectivity index (χ4n) is 1.26. The largest absolute Gasteiger partial charge is 0.116 e. The summed E-state index contributed by atoms with van der Waals surface area (Å²) in [5, 5.41) is 1.05. The highest BCUT2D eigenvalue weighted by Crippen LogP contribution is 2.45. The molecule has 0 bridgehead atoms. The Balaban J connectivity index is 2.79. The van der Waals surface area contributed by atoms with E-state index in [1.54, 1.807) is 0 Å². The zero-order chi connectivity index (χ0) is 9.84. The highest BCUT2D eigenvalue weighted by molar-refractivity contribution is 8.08. The van der Waals surface area contributed by atoms with Crippen molar-refractivity contribution in [2.24, 2.45) is 5.92 Å². The molecule has 1 rings (SSSR count). The Morgan fingerprint density at radius 3 is 2.54 bits per heavy atom. The van der Waals surface area contributed by atoms with Crippen LogP contribution in [0.25, 0.3) is 0 Å². The van der Waals surface area contributed by atoms with Crippen LogP contribution in [0.3, 0.4) is 0 Å². The molecular formula is C10H13Cl2P. The van der Waals surface area contributed by atoms with Gasteiger partial charge in [-0.15, -0.1) is 0 Å². The van der Waals surface area contributed by atoms with Crippen molar-refractivity contribution >= 4 is 34.4 Å². The van der Waals surface area contributed by atoms with E-state index in [0.717, 1.165) is 11.7 Å². The molecule has 72 valence electrons. The molecule has 0 saturated carbocycles. The van der Waals surface area contributed by atoms with E-state index in [1.807, 2.05) is 12.1 Å². The SMILES string of the molecule is CC(C)Cc1cccc(P(Cl)Cl)c1. The van der Waals surface area contributed by atoms with Crippen LogP contribution in [0.4, 0.5) is 0 Å². The Hall–Kier alpha value is 0.230. The Morgan fingerprint density at radius 1 is 1.31 bits per heavy atom. The number of halogens is 2. The third kappa shape index (κ3) is 3.85. The quantitative estimate of drug-likeness (QED) is 0.685. The van der Waals surface area contributed by atoms with Gasteiger partial charge < -0.3 is 0 Å². The second-order valence-electron chi connectivity index (χ2n) is 3.50. The summed E-state index contributed by atoms with van der Waals surface area (Å²) in [5.41, 5.74) is 1.32. The lowest BCUT2D eigenvalue weighted by atomic mass is 10.0. The highest BCUT2D eigenvalue weighted by Gasteiger charge is 2.04. The Bertz CT molecular complexity index is 271. The van der Waals surface area contributed by atoms with Crippen LogP contribution in [0, 0.1) is 5.92 Å². The maximum atomic E-state index is 5.84. The predicted molar refractivity (Wildman–Crippen MR) is 63.2 cm³/mol. The van der Waals surface area contributed by atoms with Crippen LogP contribution < -0.4 is 5.30 Å². The van der Waals surface area contributed by atoms with Crippen molar-refractivity contribution in [1.82, 2.24) is 0 Å². The van der Waals surface area contributed by atoms with Crippen molar-refractivity contribution in [2.75, 3.05) is 0 Å². The first-order valence-electron chi connectivity index (χ1n) is 4.30. The normalized spacial score (nSPS) is 11.2. The average molecular weight is 235 g/mol. The second kappa shape index (κ2) is 5.20. The summed E-state index contributed by atoms with van der Waals surface area (Å²) in [6.45, 7) is 3.42. The molecule has 0 spiro atoms. The van der Waals surface area contributed by atoms with Crippen molar-refractivity contribution in [2.45, 2.75) is 20.3 Å². The molecule has 0 amide bonds. The van der Waals surface area contributed by atoms with Crippen molar-refractivity contribution < 1.29 is 0 Å². The molecule has 0 fully saturated rings. The van der Waals surface area contributed by atoms with Gasteiger partial charge in [0.15, 0.2) is 0 Å². The Morgan fingerprint density at radius 2 is 2.00 bits per heavy atom. The molecule has 0 heterocycles. The van der Waals surface area contributed by atoms with Gasteiger partial charge in [-0.2, -0.15) is 0 Å². The van der Waals surface area contributed by atoms with E-state index < -0.39 is 6.63 Å². The molecule has 1 aromatic rings. The van der Waals surface area contributed by atoms with Gasteiger partial charge >= 0.3 is 0 Å². The zero-order valence-electron chi connectivity index (χ0n) is 7.80. The topological polar surface area (TPSA) is 0 Å². The van der Waals surface area contributed by atoms with Crippen LogP contribution in [0.1, 0.15) is 19.4 Å². The zero-order valence-corrected chi connectivity index (χ0v) is 10.2. The lowest BCUT2D eigenvalue weighted by Crippen LogP contribution is -2.00. The van der Waals surface area contributed by atoms with Gasteiger partial charge in [-0.05, 0) is 24.0 Å². The number of hydrogen-bond acceptors (Lipinski definition) is 0. The molecule has 3 heteroatoms. The third-order valence-electron chi connectivity index (χ3n) is 1.75. The second-order valence-corrected chi connectivity index (χ2v) is 7.03. The number of rotatable bonds is 3. The molecule has 0 aliphatic rings. The number of benzene rings is 1. The van der Waals surface area contributed by atoms with E-state index in [4.69, 9.17) is 22.5 Å². The summed E-state index contributed by atoms with van der Waals surface area (Å²) in [6.07, 6.45) is 1.09. The van der Waals surface area contributed by atoms with E-state index in [-0.39, 0.29) is 0 Å². The minimum absolute atomic E-state index is 0.673. The van der Waals surface area contributed by atoms with E-state index in [9.17, 15) is 0 Å². The van der Waals surface area contributed by atoms with E-state index >= 15 is 0 Å². The van der Waals surface area contributed by atoms with Crippen LogP contribution >= 0.6 is 29.1 Å². The first-order valence-corrected chi connectivity index (χ1v) is 7.45. The van der Waals surface area contributed by atoms with Crippen LogP contribution in [0.15, 0.2) is 24.3 Å². The van der Waals surface area contributed by atoms with Gasteiger partial charge in [-0.25, -0.2) is 0 Å². The summed E-state index contributed by atoms with van der Waals surface area (Å²) in [7, 11) is 0. The van der Waals surface area contributed by atoms with Crippen molar-refractivity contribution in [3.8, 4) is 0 Å². The molecule has 13 heavy (non-hydrogen) atoms. The van der Waals surface area contributed by atoms with E-state index in [2.05, 4.69) is 26.0 Å². The van der Waals surface area contributed by atoms with Gasteiger partial charge in [-0.3, -0.25) is 0 Å². The molecular weight excluding hydrogens is 222 g/mol. The maximum Gasteiger partial charge on any atom is 0.116 e. The first kappa shape index (κ1) is 11.3. The summed E-state index contributed by atoms with van der Waals surface area (Å²) in [4.78, 5) is 0. The minimum atomic E-state index is -0.992. The summed E-state index contributed by atoms with van der Waals surface area (Å²) in [6, 6.07) is 8.23. The first-order chi connectivity index (χ1) is 6.09. The monoisotopic (exact) mass is 234 g/mol. The highest BCUT2D eigenvalue weighted by atomic mass is 35.9. The molecule has 0 nitrogen and oxygen atoms in total. The number of hydrogen-bond donors (Lipinski definition) is 0. The predicted octanol–water partition coefficient (Wildman–Crippen LogP) is 4.30. The van der Waals surface area contributed by atoms with Crippen LogP contribution in [-0.4, -0.2) is 0 Å². The fraction of sp³-hybridized carbons (Fsp3) is 0.400. The van der Waals surface area contributed by atoms with Gasteiger partial charge in [0.1, 0.15) is 6.63 Å². The minimum Gasteiger partial charge on any atom is -0.0727 e. The van der Waals surface area contributed by atoms with Crippen molar-refractivity contribution in [3.05, 3.63) is 29.8 Å². The molecule has 0 radical (unpaired) electrons. The van der Waals surface area contributed by atoms with Crippen LogP contribution in [0.2, 0.25) is 0 Å². The van der Waals surface area contributed by atoms with E-state index in [1.165, 1.54) is 5.56 Å². The smallest absolute Gasteiger partial charge is 0.0727 e. The third-order valence-corrected chi connectivity index (χ3v) is 3.59. The molecule has 0 unspecified atom stereocenters. The average Bonchev–Trinajstić information content (AvgIpc) is 2.03. The standard InChI is InChI=1S/C10H13Cl2P/c1-8(2)6-9-4-3-5-10(7-9)13(11)12/h3-5,7-8H,6H2,1-2H3. The van der Waals surface area contributed by atoms with Gasteiger partial charge in [0, 0.05) is 5.30 Å². The Labute approximate surface area is 90.6 Å². The molecule has 1 aromatic carbocycles. The van der Waals surface area contributed by atoms with Crippen molar-refractivity contribution in [3.63, 3.8) is 0 Å². The van der Waals surface area contributed by atoms with E-state index in [0.29, 0.717) is 5.92 Å².